The van der Waals surface area contributed by atoms with Crippen LogP contribution in [0.2, 0.25) is 0 Å². The fourth-order valence-electron chi connectivity index (χ4n) is 2.81. The lowest BCUT2D eigenvalue weighted by Gasteiger charge is -2.33. The molecule has 24 heavy (non-hydrogen) atoms. The summed E-state index contributed by atoms with van der Waals surface area (Å²) >= 11 is 0. The summed E-state index contributed by atoms with van der Waals surface area (Å²) in [4.78, 5) is 22.9. The van der Waals surface area contributed by atoms with Crippen LogP contribution in [-0.4, -0.2) is 42.1 Å². The van der Waals surface area contributed by atoms with Crippen molar-refractivity contribution in [2.75, 3.05) is 25.1 Å². The van der Waals surface area contributed by atoms with Gasteiger partial charge in [0.25, 0.3) is 5.91 Å². The molecule has 1 aliphatic rings. The number of amides is 1. The lowest BCUT2D eigenvalue weighted by molar-refractivity contribution is 0.0932. The van der Waals surface area contributed by atoms with Gasteiger partial charge in [-0.3, -0.25) is 4.79 Å². The van der Waals surface area contributed by atoms with Crippen molar-refractivity contribution in [1.82, 2.24) is 15.3 Å². The van der Waals surface area contributed by atoms with Gasteiger partial charge in [0.2, 0.25) is 5.95 Å². The van der Waals surface area contributed by atoms with Gasteiger partial charge in [0.1, 0.15) is 0 Å². The number of hydrogen-bond donors (Lipinski definition) is 1. The average molecular weight is 330 g/mol. The Kier molecular flexibility index (Phi) is 4.88. The van der Waals surface area contributed by atoms with Gasteiger partial charge in [-0.2, -0.15) is 0 Å². The molecule has 0 unspecified atom stereocenters. The molecular formula is C17H19FN4O2. The number of halogens is 1. The zero-order valence-corrected chi connectivity index (χ0v) is 13.4. The van der Waals surface area contributed by atoms with Crippen molar-refractivity contribution >= 4 is 11.9 Å². The molecule has 126 valence electrons. The molecule has 0 aliphatic carbocycles. The van der Waals surface area contributed by atoms with Crippen LogP contribution in [0.3, 0.4) is 0 Å². The molecule has 0 bridgehead atoms. The summed E-state index contributed by atoms with van der Waals surface area (Å²) in [5, 5.41) is 2.96. The van der Waals surface area contributed by atoms with E-state index >= 15 is 0 Å². The minimum absolute atomic E-state index is 0.0276. The van der Waals surface area contributed by atoms with E-state index in [1.165, 1.54) is 19.2 Å². The molecule has 7 heteroatoms. The number of benzene rings is 1. The van der Waals surface area contributed by atoms with Crippen LogP contribution < -0.4 is 15.0 Å². The molecule has 3 rings (SSSR count). The number of nitrogens with zero attached hydrogens (tertiary/aromatic N) is 3. The van der Waals surface area contributed by atoms with E-state index < -0.39 is 5.82 Å². The lowest BCUT2D eigenvalue weighted by atomic mass is 10.1. The molecule has 1 aliphatic heterocycles. The molecule has 1 atom stereocenters. The molecule has 0 spiro atoms. The maximum atomic E-state index is 13.7. The third-order valence-corrected chi connectivity index (χ3v) is 4.01. The molecular weight excluding hydrogens is 311 g/mol. The van der Waals surface area contributed by atoms with E-state index in [2.05, 4.69) is 15.3 Å². The van der Waals surface area contributed by atoms with Gasteiger partial charge >= 0.3 is 0 Å². The number of ether oxygens (including phenoxy) is 1. The van der Waals surface area contributed by atoms with E-state index in [0.29, 0.717) is 12.5 Å². The van der Waals surface area contributed by atoms with Crippen LogP contribution in [-0.2, 0) is 0 Å². The molecule has 0 radical (unpaired) electrons. The predicted octanol–water partition coefficient (Wildman–Crippen LogP) is 2.02. The first-order valence-electron chi connectivity index (χ1n) is 7.84. The average Bonchev–Trinajstić information content (AvgIpc) is 2.62. The van der Waals surface area contributed by atoms with E-state index in [1.54, 1.807) is 24.5 Å². The number of carbonyl (C=O) groups excluding carboxylic acids is 1. The second-order valence-corrected chi connectivity index (χ2v) is 5.66. The summed E-state index contributed by atoms with van der Waals surface area (Å²) in [5.74, 6) is -0.0611. The molecule has 1 aromatic heterocycles. The maximum Gasteiger partial charge on any atom is 0.251 e. The summed E-state index contributed by atoms with van der Waals surface area (Å²) in [6.45, 7) is 1.49. The highest BCUT2D eigenvalue weighted by Gasteiger charge is 2.23. The SMILES string of the molecule is COc1ccc(C(=O)N[C@H]2CCCN(c3ncccn3)C2)cc1F. The van der Waals surface area contributed by atoms with Gasteiger partial charge < -0.3 is 15.0 Å². The van der Waals surface area contributed by atoms with Gasteiger partial charge in [-0.15, -0.1) is 0 Å². The zero-order valence-electron chi connectivity index (χ0n) is 13.4. The first kappa shape index (κ1) is 16.2. The highest BCUT2D eigenvalue weighted by atomic mass is 19.1. The fraction of sp³-hybridized carbons (Fsp3) is 0.353. The number of nitrogens with one attached hydrogen (secondary N) is 1. The molecule has 6 nitrogen and oxygen atoms in total. The molecule has 1 saturated heterocycles. The Morgan fingerprint density at radius 2 is 2.17 bits per heavy atom. The van der Waals surface area contributed by atoms with Gasteiger partial charge in [-0.1, -0.05) is 0 Å². The van der Waals surface area contributed by atoms with Crippen molar-refractivity contribution in [1.29, 1.82) is 0 Å². The Labute approximate surface area is 139 Å². The molecule has 1 fully saturated rings. The topological polar surface area (TPSA) is 67.3 Å². The van der Waals surface area contributed by atoms with Crippen LogP contribution in [0.5, 0.6) is 5.75 Å². The second-order valence-electron chi connectivity index (χ2n) is 5.66. The minimum Gasteiger partial charge on any atom is -0.494 e. The second kappa shape index (κ2) is 7.25. The number of anilines is 1. The van der Waals surface area contributed by atoms with Crippen LogP contribution in [0, 0.1) is 5.82 Å². The molecule has 1 amide bonds. The third-order valence-electron chi connectivity index (χ3n) is 4.01. The first-order valence-corrected chi connectivity index (χ1v) is 7.84. The summed E-state index contributed by atoms with van der Waals surface area (Å²) in [6.07, 6.45) is 5.20. The molecule has 1 N–H and O–H groups in total. The van der Waals surface area contributed by atoms with Crippen LogP contribution in [0.4, 0.5) is 10.3 Å². The summed E-state index contributed by atoms with van der Waals surface area (Å²) in [7, 11) is 1.39. The van der Waals surface area contributed by atoms with E-state index in [4.69, 9.17) is 4.74 Å². The Hall–Kier alpha value is -2.70. The maximum absolute atomic E-state index is 13.7. The van der Waals surface area contributed by atoms with E-state index in [0.717, 1.165) is 19.4 Å². The zero-order chi connectivity index (χ0) is 16.9. The highest BCUT2D eigenvalue weighted by molar-refractivity contribution is 5.94. The largest absolute Gasteiger partial charge is 0.494 e. The molecule has 1 aromatic carbocycles. The van der Waals surface area contributed by atoms with Crippen molar-refractivity contribution < 1.29 is 13.9 Å². The first-order chi connectivity index (χ1) is 11.7. The summed E-state index contributed by atoms with van der Waals surface area (Å²) < 4.78 is 18.6. The van der Waals surface area contributed by atoms with Crippen molar-refractivity contribution in [3.63, 3.8) is 0 Å². The smallest absolute Gasteiger partial charge is 0.251 e. The van der Waals surface area contributed by atoms with Crippen LogP contribution in [0.25, 0.3) is 0 Å². The number of rotatable bonds is 4. The number of piperidine rings is 1. The van der Waals surface area contributed by atoms with Gasteiger partial charge in [-0.05, 0) is 37.1 Å². The normalized spacial score (nSPS) is 17.4. The van der Waals surface area contributed by atoms with Crippen molar-refractivity contribution in [2.45, 2.75) is 18.9 Å². The van der Waals surface area contributed by atoms with Crippen molar-refractivity contribution in [3.8, 4) is 5.75 Å². The third kappa shape index (κ3) is 3.61. The quantitative estimate of drug-likeness (QED) is 0.929. The highest BCUT2D eigenvalue weighted by Crippen LogP contribution is 2.19. The minimum atomic E-state index is -0.548. The monoisotopic (exact) mass is 330 g/mol. The van der Waals surface area contributed by atoms with E-state index in [1.807, 2.05) is 4.90 Å². The molecule has 0 saturated carbocycles. The van der Waals surface area contributed by atoms with Gasteiger partial charge in [-0.25, -0.2) is 14.4 Å². The van der Waals surface area contributed by atoms with E-state index in [-0.39, 0.29) is 23.3 Å². The Bertz CT molecular complexity index is 711. The van der Waals surface area contributed by atoms with Crippen molar-refractivity contribution in [3.05, 3.63) is 48.0 Å². The lowest BCUT2D eigenvalue weighted by Crippen LogP contribution is -2.48. The Balaban J connectivity index is 1.65. The predicted molar refractivity (Wildman–Crippen MR) is 87.7 cm³/mol. The van der Waals surface area contributed by atoms with Crippen LogP contribution in [0.1, 0.15) is 23.2 Å². The number of methoxy groups -OCH3 is 1. The Morgan fingerprint density at radius 3 is 2.88 bits per heavy atom. The van der Waals surface area contributed by atoms with Crippen molar-refractivity contribution in [2.24, 2.45) is 0 Å². The number of carbonyl (C=O) groups is 1. The number of hydrogen-bond acceptors (Lipinski definition) is 5. The summed E-state index contributed by atoms with van der Waals surface area (Å²) in [5.41, 5.74) is 0.279. The number of aromatic nitrogens is 2. The summed E-state index contributed by atoms with van der Waals surface area (Å²) in [6, 6.07) is 5.94. The standard InChI is InChI=1S/C17H19FN4O2/c1-24-15-6-5-12(10-14(15)18)16(23)21-13-4-2-9-22(11-13)17-19-7-3-8-20-17/h3,5-8,10,13H,2,4,9,11H2,1H3,(H,21,23)/t13-/m0/s1. The fourth-order valence-corrected chi connectivity index (χ4v) is 2.81. The van der Waals surface area contributed by atoms with E-state index in [9.17, 15) is 9.18 Å². The Morgan fingerprint density at radius 1 is 1.38 bits per heavy atom. The molecule has 2 aromatic rings. The van der Waals surface area contributed by atoms with Gasteiger partial charge in [0, 0.05) is 37.1 Å². The van der Waals surface area contributed by atoms with Gasteiger partial charge in [0.15, 0.2) is 11.6 Å². The molecule has 2 heterocycles. The van der Waals surface area contributed by atoms with Crippen LogP contribution >= 0.6 is 0 Å². The van der Waals surface area contributed by atoms with Gasteiger partial charge in [0.05, 0.1) is 7.11 Å². The van der Waals surface area contributed by atoms with Crippen LogP contribution in [0.15, 0.2) is 36.7 Å².